The molecule has 0 aliphatic heterocycles. The lowest BCUT2D eigenvalue weighted by Crippen LogP contribution is -2.59. The third-order valence-corrected chi connectivity index (χ3v) is 6.74. The van der Waals surface area contributed by atoms with Gasteiger partial charge in [-0.15, -0.1) is 0 Å². The zero-order chi connectivity index (χ0) is 13.9. The van der Waals surface area contributed by atoms with Gasteiger partial charge in [-0.2, -0.15) is 0 Å². The molecule has 0 amide bonds. The molecule has 2 nitrogen and oxygen atoms in total. The molecule has 0 aromatic carbocycles. The van der Waals surface area contributed by atoms with E-state index in [-0.39, 0.29) is 11.0 Å². The van der Waals surface area contributed by atoms with Gasteiger partial charge in [-0.25, -0.2) is 0 Å². The molecule has 3 fully saturated rings. The van der Waals surface area contributed by atoms with Crippen LogP contribution in [0.25, 0.3) is 0 Å². The Bertz CT molecular complexity index is 413. The fraction of sp³-hybridized carbons (Fsp3) is 0.875. The highest BCUT2D eigenvalue weighted by molar-refractivity contribution is 6.69. The van der Waals surface area contributed by atoms with Gasteiger partial charge in [0, 0.05) is 5.41 Å². The van der Waals surface area contributed by atoms with Gasteiger partial charge in [0.25, 0.3) is 0 Å². The number of fused-ring (bicyclic) bond motifs is 1. The normalized spacial score (nSPS) is 46.2. The SMILES string of the molecule is C=C1C[C@@]23CCCC[C@@]2(O[Si](C)(C)C)CC[C@]1(O)C3. The van der Waals surface area contributed by atoms with Crippen molar-refractivity contribution in [3.05, 3.63) is 12.2 Å². The summed E-state index contributed by atoms with van der Waals surface area (Å²) in [6, 6.07) is 0. The fourth-order valence-corrected chi connectivity index (χ4v) is 6.64. The summed E-state index contributed by atoms with van der Waals surface area (Å²) < 4.78 is 6.77. The second kappa shape index (κ2) is 3.96. The maximum absolute atomic E-state index is 10.8. The molecule has 3 atom stereocenters. The molecule has 1 N–H and O–H groups in total. The van der Waals surface area contributed by atoms with E-state index in [1.165, 1.54) is 25.7 Å². The standard InChI is InChI=1S/C16H28O2Si/c1-13-11-14-7-5-6-8-16(14,18-19(2,3)4)10-9-15(13,17)12-14/h17H,1,5-12H2,2-4H3/t14-,15+,16-/m1/s1. The molecule has 19 heavy (non-hydrogen) atoms. The topological polar surface area (TPSA) is 29.5 Å². The van der Waals surface area contributed by atoms with Crippen LogP contribution in [-0.2, 0) is 4.43 Å². The second-order valence-electron chi connectivity index (χ2n) is 8.18. The lowest BCUT2D eigenvalue weighted by atomic mass is 9.57. The zero-order valence-corrected chi connectivity index (χ0v) is 13.7. The Morgan fingerprint density at radius 1 is 1.11 bits per heavy atom. The second-order valence-corrected chi connectivity index (χ2v) is 12.6. The minimum atomic E-state index is -1.56. The minimum absolute atomic E-state index is 0.0430. The molecule has 0 unspecified atom stereocenters. The summed E-state index contributed by atoms with van der Waals surface area (Å²) in [6.45, 7) is 11.1. The van der Waals surface area contributed by atoms with Crippen LogP contribution in [0.2, 0.25) is 19.6 Å². The summed E-state index contributed by atoms with van der Waals surface area (Å²) in [5.74, 6) is 0. The third kappa shape index (κ3) is 1.97. The minimum Gasteiger partial charge on any atom is -0.412 e. The Morgan fingerprint density at radius 2 is 1.79 bits per heavy atom. The van der Waals surface area contributed by atoms with Gasteiger partial charge < -0.3 is 9.53 Å². The lowest BCUT2D eigenvalue weighted by molar-refractivity contribution is -0.146. The van der Waals surface area contributed by atoms with Crippen LogP contribution < -0.4 is 0 Å². The highest BCUT2D eigenvalue weighted by Crippen LogP contribution is 2.66. The highest BCUT2D eigenvalue weighted by atomic mass is 28.4. The van der Waals surface area contributed by atoms with E-state index in [0.717, 1.165) is 31.3 Å². The molecule has 0 saturated heterocycles. The molecule has 0 radical (unpaired) electrons. The average molecular weight is 280 g/mol. The van der Waals surface area contributed by atoms with Crippen molar-refractivity contribution in [2.24, 2.45) is 5.41 Å². The third-order valence-electron chi connectivity index (χ3n) is 5.74. The van der Waals surface area contributed by atoms with Crippen molar-refractivity contribution in [1.82, 2.24) is 0 Å². The molecule has 1 spiro atoms. The van der Waals surface area contributed by atoms with Crippen LogP contribution in [0.1, 0.15) is 51.4 Å². The van der Waals surface area contributed by atoms with Crippen molar-refractivity contribution in [2.75, 3.05) is 0 Å². The number of aliphatic hydroxyl groups is 1. The summed E-state index contributed by atoms with van der Waals surface area (Å²) >= 11 is 0. The Hall–Kier alpha value is -0.123. The average Bonchev–Trinajstić information content (AvgIpc) is 2.48. The van der Waals surface area contributed by atoms with Crippen molar-refractivity contribution in [1.29, 1.82) is 0 Å². The van der Waals surface area contributed by atoms with Crippen LogP contribution in [0.3, 0.4) is 0 Å². The van der Waals surface area contributed by atoms with Crippen molar-refractivity contribution < 1.29 is 9.53 Å². The van der Waals surface area contributed by atoms with Gasteiger partial charge in [-0.3, -0.25) is 0 Å². The Kier molecular flexibility index (Phi) is 2.88. The molecule has 3 rings (SSSR count). The molecule has 0 aromatic rings. The van der Waals surface area contributed by atoms with Crippen molar-refractivity contribution >= 4 is 8.32 Å². The maximum Gasteiger partial charge on any atom is 0.184 e. The van der Waals surface area contributed by atoms with E-state index in [1.54, 1.807) is 0 Å². The van der Waals surface area contributed by atoms with Gasteiger partial charge in [0.15, 0.2) is 8.32 Å². The summed E-state index contributed by atoms with van der Waals surface area (Å²) in [7, 11) is -1.56. The summed E-state index contributed by atoms with van der Waals surface area (Å²) in [4.78, 5) is 0. The van der Waals surface area contributed by atoms with Crippen LogP contribution in [0.4, 0.5) is 0 Å². The Balaban J connectivity index is 2.00. The predicted molar refractivity (Wildman–Crippen MR) is 80.6 cm³/mol. The maximum atomic E-state index is 10.8. The van der Waals surface area contributed by atoms with E-state index in [0.29, 0.717) is 0 Å². The van der Waals surface area contributed by atoms with Crippen molar-refractivity contribution in [3.8, 4) is 0 Å². The number of hydrogen-bond donors (Lipinski definition) is 1. The van der Waals surface area contributed by atoms with Crippen molar-refractivity contribution in [2.45, 2.75) is 82.2 Å². The summed E-state index contributed by atoms with van der Waals surface area (Å²) in [5, 5.41) is 10.8. The first kappa shape index (κ1) is 13.8. The van der Waals surface area contributed by atoms with E-state index < -0.39 is 13.9 Å². The first-order valence-corrected chi connectivity index (χ1v) is 11.2. The molecular weight excluding hydrogens is 252 g/mol. The monoisotopic (exact) mass is 280 g/mol. The molecule has 2 bridgehead atoms. The van der Waals surface area contributed by atoms with Crippen LogP contribution >= 0.6 is 0 Å². The van der Waals surface area contributed by atoms with E-state index in [2.05, 4.69) is 26.2 Å². The van der Waals surface area contributed by atoms with E-state index in [1.807, 2.05) is 0 Å². The highest BCUT2D eigenvalue weighted by Gasteiger charge is 2.65. The molecule has 3 aliphatic rings. The molecule has 3 aliphatic carbocycles. The summed E-state index contributed by atoms with van der Waals surface area (Å²) in [6.07, 6.45) is 8.79. The van der Waals surface area contributed by atoms with Gasteiger partial charge in [0.1, 0.15) is 0 Å². The van der Waals surface area contributed by atoms with Gasteiger partial charge in [0.2, 0.25) is 0 Å². The summed E-state index contributed by atoms with van der Waals surface area (Å²) in [5.41, 5.74) is 0.733. The van der Waals surface area contributed by atoms with Crippen molar-refractivity contribution in [3.63, 3.8) is 0 Å². The van der Waals surface area contributed by atoms with E-state index in [9.17, 15) is 5.11 Å². The molecular formula is C16H28O2Si. The smallest absolute Gasteiger partial charge is 0.184 e. The Morgan fingerprint density at radius 3 is 2.47 bits per heavy atom. The number of rotatable bonds is 2. The van der Waals surface area contributed by atoms with Crippen LogP contribution in [0.5, 0.6) is 0 Å². The molecule has 108 valence electrons. The van der Waals surface area contributed by atoms with Gasteiger partial charge in [0.05, 0.1) is 11.2 Å². The number of hydrogen-bond acceptors (Lipinski definition) is 2. The fourth-order valence-electron chi connectivity index (χ4n) is 5.05. The van der Waals surface area contributed by atoms with Crippen LogP contribution in [0, 0.1) is 5.41 Å². The Labute approximate surface area is 118 Å². The van der Waals surface area contributed by atoms with E-state index in [4.69, 9.17) is 4.43 Å². The molecule has 0 heterocycles. The zero-order valence-electron chi connectivity index (χ0n) is 12.7. The molecule has 3 heteroatoms. The van der Waals surface area contributed by atoms with Crippen LogP contribution in [0.15, 0.2) is 12.2 Å². The van der Waals surface area contributed by atoms with Crippen LogP contribution in [-0.4, -0.2) is 24.6 Å². The lowest BCUT2D eigenvalue weighted by Gasteiger charge is -2.57. The largest absolute Gasteiger partial charge is 0.412 e. The first-order valence-electron chi connectivity index (χ1n) is 7.81. The predicted octanol–water partition coefficient (Wildman–Crippen LogP) is 4.01. The molecule has 0 aromatic heterocycles. The first-order chi connectivity index (χ1) is 8.71. The quantitative estimate of drug-likeness (QED) is 0.611. The molecule has 3 saturated carbocycles. The van der Waals surface area contributed by atoms with Gasteiger partial charge >= 0.3 is 0 Å². The van der Waals surface area contributed by atoms with E-state index >= 15 is 0 Å². The van der Waals surface area contributed by atoms with Gasteiger partial charge in [-0.1, -0.05) is 19.4 Å². The van der Waals surface area contributed by atoms with Gasteiger partial charge in [-0.05, 0) is 63.7 Å².